The van der Waals surface area contributed by atoms with Crippen LogP contribution in [0.4, 0.5) is 0 Å². The van der Waals surface area contributed by atoms with Crippen LogP contribution in [-0.2, 0) is 0 Å². The minimum Gasteiger partial charge on any atom is -0.314 e. The standard InChI is InChI=1S/C10H19N/c1-5-7-10(11-6-2)8-9(3)4/h5,10-11H,1,3,6-8H2,2,4H3. The first-order valence-corrected chi connectivity index (χ1v) is 4.19. The van der Waals surface area contributed by atoms with Gasteiger partial charge < -0.3 is 5.32 Å². The molecule has 64 valence electrons. The minimum atomic E-state index is 0.537. The summed E-state index contributed by atoms with van der Waals surface area (Å²) in [4.78, 5) is 0. The van der Waals surface area contributed by atoms with Crippen LogP contribution in [0, 0.1) is 0 Å². The maximum Gasteiger partial charge on any atom is 0.0138 e. The third kappa shape index (κ3) is 5.86. The van der Waals surface area contributed by atoms with E-state index >= 15 is 0 Å². The van der Waals surface area contributed by atoms with Crippen molar-refractivity contribution in [3.63, 3.8) is 0 Å². The van der Waals surface area contributed by atoms with Crippen LogP contribution in [0.1, 0.15) is 26.7 Å². The second-order valence-electron chi connectivity index (χ2n) is 2.94. The molecule has 1 atom stereocenters. The van der Waals surface area contributed by atoms with Gasteiger partial charge in [0.25, 0.3) is 0 Å². The molecule has 0 saturated carbocycles. The van der Waals surface area contributed by atoms with Gasteiger partial charge in [-0.2, -0.15) is 0 Å². The van der Waals surface area contributed by atoms with Crippen LogP contribution >= 0.6 is 0 Å². The Morgan fingerprint density at radius 2 is 2.27 bits per heavy atom. The van der Waals surface area contributed by atoms with Gasteiger partial charge in [0, 0.05) is 6.04 Å². The van der Waals surface area contributed by atoms with E-state index in [1.165, 1.54) is 5.57 Å². The van der Waals surface area contributed by atoms with Gasteiger partial charge in [0.05, 0.1) is 0 Å². The van der Waals surface area contributed by atoms with Gasteiger partial charge in [0.2, 0.25) is 0 Å². The molecule has 0 rings (SSSR count). The molecule has 0 fully saturated rings. The summed E-state index contributed by atoms with van der Waals surface area (Å²) >= 11 is 0. The zero-order chi connectivity index (χ0) is 8.69. The summed E-state index contributed by atoms with van der Waals surface area (Å²) < 4.78 is 0. The fourth-order valence-electron chi connectivity index (χ4n) is 1.15. The van der Waals surface area contributed by atoms with E-state index in [0.29, 0.717) is 6.04 Å². The largest absolute Gasteiger partial charge is 0.314 e. The molecule has 1 N–H and O–H groups in total. The monoisotopic (exact) mass is 153 g/mol. The molecule has 1 nitrogen and oxygen atoms in total. The second kappa shape index (κ2) is 6.17. The lowest BCUT2D eigenvalue weighted by atomic mass is 10.1. The van der Waals surface area contributed by atoms with E-state index in [1.54, 1.807) is 0 Å². The van der Waals surface area contributed by atoms with Gasteiger partial charge in [-0.1, -0.05) is 18.6 Å². The fraction of sp³-hybridized carbons (Fsp3) is 0.600. The molecule has 0 aromatic heterocycles. The average molecular weight is 153 g/mol. The van der Waals surface area contributed by atoms with E-state index in [-0.39, 0.29) is 0 Å². The molecule has 0 aromatic rings. The highest BCUT2D eigenvalue weighted by Crippen LogP contribution is 2.05. The first-order valence-electron chi connectivity index (χ1n) is 4.19. The molecular weight excluding hydrogens is 134 g/mol. The highest BCUT2D eigenvalue weighted by molar-refractivity contribution is 4.94. The van der Waals surface area contributed by atoms with Gasteiger partial charge >= 0.3 is 0 Å². The summed E-state index contributed by atoms with van der Waals surface area (Å²) in [5.74, 6) is 0. The third-order valence-electron chi connectivity index (χ3n) is 1.54. The lowest BCUT2D eigenvalue weighted by Gasteiger charge is -2.15. The molecule has 0 aliphatic carbocycles. The van der Waals surface area contributed by atoms with E-state index in [9.17, 15) is 0 Å². The van der Waals surface area contributed by atoms with Crippen molar-refractivity contribution in [1.29, 1.82) is 0 Å². The Labute approximate surface area is 70.2 Å². The van der Waals surface area contributed by atoms with E-state index in [0.717, 1.165) is 19.4 Å². The number of hydrogen-bond donors (Lipinski definition) is 1. The molecule has 0 aromatic carbocycles. The van der Waals surface area contributed by atoms with Gasteiger partial charge in [-0.25, -0.2) is 0 Å². The Bertz CT molecular complexity index is 127. The molecule has 0 radical (unpaired) electrons. The van der Waals surface area contributed by atoms with Crippen molar-refractivity contribution in [2.45, 2.75) is 32.7 Å². The van der Waals surface area contributed by atoms with Crippen molar-refractivity contribution in [1.82, 2.24) is 5.32 Å². The molecule has 11 heavy (non-hydrogen) atoms. The fourth-order valence-corrected chi connectivity index (χ4v) is 1.15. The van der Waals surface area contributed by atoms with E-state index in [1.807, 2.05) is 6.08 Å². The van der Waals surface area contributed by atoms with Gasteiger partial charge in [-0.05, 0) is 26.3 Å². The van der Waals surface area contributed by atoms with Crippen LogP contribution in [0.25, 0.3) is 0 Å². The maximum atomic E-state index is 3.89. The molecule has 0 aliphatic rings. The lowest BCUT2D eigenvalue weighted by Crippen LogP contribution is -2.28. The smallest absolute Gasteiger partial charge is 0.0138 e. The highest BCUT2D eigenvalue weighted by atomic mass is 14.9. The Kier molecular flexibility index (Phi) is 5.86. The van der Waals surface area contributed by atoms with E-state index in [4.69, 9.17) is 0 Å². The Balaban J connectivity index is 3.67. The first-order chi connectivity index (χ1) is 5.20. The Morgan fingerprint density at radius 1 is 1.64 bits per heavy atom. The van der Waals surface area contributed by atoms with Crippen molar-refractivity contribution >= 4 is 0 Å². The molecule has 1 unspecified atom stereocenters. The number of nitrogens with one attached hydrogen (secondary N) is 1. The Morgan fingerprint density at radius 3 is 2.64 bits per heavy atom. The maximum absolute atomic E-state index is 3.89. The molecule has 1 heteroatoms. The number of rotatable bonds is 6. The molecule has 0 heterocycles. The molecule has 0 saturated heterocycles. The van der Waals surface area contributed by atoms with Crippen molar-refractivity contribution in [3.8, 4) is 0 Å². The van der Waals surface area contributed by atoms with Gasteiger partial charge in [-0.3, -0.25) is 0 Å². The van der Waals surface area contributed by atoms with Crippen molar-refractivity contribution in [3.05, 3.63) is 24.8 Å². The van der Waals surface area contributed by atoms with Crippen LogP contribution in [0.5, 0.6) is 0 Å². The average Bonchev–Trinajstić information content (AvgIpc) is 1.87. The summed E-state index contributed by atoms with van der Waals surface area (Å²) in [6.45, 7) is 12.8. The minimum absolute atomic E-state index is 0.537. The first kappa shape index (κ1) is 10.4. The molecular formula is C10H19N. The summed E-state index contributed by atoms with van der Waals surface area (Å²) in [6.07, 6.45) is 4.04. The van der Waals surface area contributed by atoms with E-state index < -0.39 is 0 Å². The van der Waals surface area contributed by atoms with Crippen LogP contribution < -0.4 is 5.32 Å². The number of hydrogen-bond acceptors (Lipinski definition) is 1. The van der Waals surface area contributed by atoms with Crippen molar-refractivity contribution in [2.75, 3.05) is 6.54 Å². The predicted octanol–water partition coefficient (Wildman–Crippen LogP) is 2.51. The van der Waals surface area contributed by atoms with Crippen molar-refractivity contribution < 1.29 is 0 Å². The van der Waals surface area contributed by atoms with Crippen LogP contribution in [0.2, 0.25) is 0 Å². The van der Waals surface area contributed by atoms with Crippen LogP contribution in [0.3, 0.4) is 0 Å². The van der Waals surface area contributed by atoms with Crippen LogP contribution in [-0.4, -0.2) is 12.6 Å². The summed E-state index contributed by atoms with van der Waals surface area (Å²) in [5.41, 5.74) is 1.23. The van der Waals surface area contributed by atoms with Crippen molar-refractivity contribution in [2.24, 2.45) is 0 Å². The SMILES string of the molecule is C=CCC(CC(=C)C)NCC. The van der Waals surface area contributed by atoms with Gasteiger partial charge in [0.1, 0.15) is 0 Å². The highest BCUT2D eigenvalue weighted by Gasteiger charge is 2.03. The molecule has 0 aliphatic heterocycles. The van der Waals surface area contributed by atoms with Gasteiger partial charge in [-0.15, -0.1) is 13.2 Å². The zero-order valence-electron chi connectivity index (χ0n) is 7.69. The molecule has 0 amide bonds. The quantitative estimate of drug-likeness (QED) is 0.578. The van der Waals surface area contributed by atoms with Gasteiger partial charge in [0.15, 0.2) is 0 Å². The second-order valence-corrected chi connectivity index (χ2v) is 2.94. The molecule has 0 spiro atoms. The topological polar surface area (TPSA) is 12.0 Å². The predicted molar refractivity (Wildman–Crippen MR) is 51.7 cm³/mol. The van der Waals surface area contributed by atoms with Crippen LogP contribution in [0.15, 0.2) is 24.8 Å². The summed E-state index contributed by atoms with van der Waals surface area (Å²) in [7, 11) is 0. The summed E-state index contributed by atoms with van der Waals surface area (Å²) in [6, 6.07) is 0.537. The molecule has 0 bridgehead atoms. The van der Waals surface area contributed by atoms with E-state index in [2.05, 4.69) is 32.3 Å². The zero-order valence-corrected chi connectivity index (χ0v) is 7.69. The Hall–Kier alpha value is -0.560. The third-order valence-corrected chi connectivity index (χ3v) is 1.54. The lowest BCUT2D eigenvalue weighted by molar-refractivity contribution is 0.528. The summed E-state index contributed by atoms with van der Waals surface area (Å²) in [5, 5.41) is 3.38. The normalized spacial score (nSPS) is 12.5.